The van der Waals surface area contributed by atoms with Crippen LogP contribution in [0.15, 0.2) is 24.3 Å². The van der Waals surface area contributed by atoms with Gasteiger partial charge in [-0.15, -0.1) is 0 Å². The monoisotopic (exact) mass is 254 g/mol. The van der Waals surface area contributed by atoms with Crippen LogP contribution in [-0.2, 0) is 14.4 Å². The van der Waals surface area contributed by atoms with Gasteiger partial charge in [-0.1, -0.05) is 6.07 Å². The second-order valence-corrected chi connectivity index (χ2v) is 2.88. The predicted octanol–water partition coefficient (Wildman–Crippen LogP) is 0.465. The van der Waals surface area contributed by atoms with E-state index in [4.69, 9.17) is 30.0 Å². The van der Waals surface area contributed by atoms with E-state index in [0.717, 1.165) is 6.08 Å². The highest BCUT2D eigenvalue weighted by atomic mass is 16.4. The lowest BCUT2D eigenvalue weighted by molar-refractivity contribution is -0.143. The van der Waals surface area contributed by atoms with Gasteiger partial charge in [0.1, 0.15) is 0 Å². The summed E-state index contributed by atoms with van der Waals surface area (Å²) in [5, 5.41) is 33.6. The summed E-state index contributed by atoms with van der Waals surface area (Å²) in [7, 11) is 0. The zero-order valence-electron chi connectivity index (χ0n) is 8.98. The Morgan fingerprint density at radius 1 is 1.00 bits per heavy atom. The minimum Gasteiger partial charge on any atom is -0.504 e. The lowest BCUT2D eigenvalue weighted by Gasteiger charge is -1.97. The molecule has 7 heteroatoms. The Morgan fingerprint density at radius 3 is 1.94 bits per heavy atom. The summed E-state index contributed by atoms with van der Waals surface area (Å²) in [5.41, 5.74) is 0.512. The molecule has 0 aliphatic heterocycles. The molecule has 0 aliphatic carbocycles. The first-order valence-corrected chi connectivity index (χ1v) is 4.48. The third-order valence-electron chi connectivity index (χ3n) is 1.52. The maximum absolute atomic E-state index is 10.1. The molecule has 7 nitrogen and oxygen atoms in total. The number of aromatic hydroxyl groups is 2. The number of hydrogen-bond donors (Lipinski definition) is 4. The lowest BCUT2D eigenvalue weighted by Crippen LogP contribution is -1.91. The minimum absolute atomic E-state index is 0.167. The predicted molar refractivity (Wildman–Crippen MR) is 60.1 cm³/mol. The van der Waals surface area contributed by atoms with E-state index < -0.39 is 11.9 Å². The molecule has 96 valence electrons. The maximum atomic E-state index is 10.1. The zero-order chi connectivity index (χ0) is 14.1. The Morgan fingerprint density at radius 2 is 1.56 bits per heavy atom. The summed E-state index contributed by atoms with van der Waals surface area (Å²) in [6, 6.07) is 4.06. The molecule has 0 aromatic heterocycles. The molecule has 18 heavy (non-hydrogen) atoms. The Hall–Kier alpha value is -2.83. The van der Waals surface area contributed by atoms with E-state index in [1.54, 1.807) is 0 Å². The number of hydrogen-bond acceptors (Lipinski definition) is 5. The molecule has 0 radical (unpaired) electrons. The van der Waals surface area contributed by atoms with Gasteiger partial charge in [-0.25, -0.2) is 9.59 Å². The summed E-state index contributed by atoms with van der Waals surface area (Å²) in [4.78, 5) is 28.0. The molecular weight excluding hydrogens is 244 g/mol. The van der Waals surface area contributed by atoms with E-state index in [9.17, 15) is 4.79 Å². The van der Waals surface area contributed by atoms with Crippen molar-refractivity contribution in [2.24, 2.45) is 0 Å². The van der Waals surface area contributed by atoms with Gasteiger partial charge in [0.25, 0.3) is 0 Å². The van der Waals surface area contributed by atoms with Gasteiger partial charge in [-0.3, -0.25) is 4.79 Å². The maximum Gasteiger partial charge on any atom is 0.368 e. The van der Waals surface area contributed by atoms with Crippen LogP contribution < -0.4 is 0 Å². The third kappa shape index (κ3) is 6.62. The van der Waals surface area contributed by atoms with Crippen LogP contribution in [0.1, 0.15) is 5.56 Å². The average Bonchev–Trinajstić information content (AvgIpc) is 2.31. The van der Waals surface area contributed by atoms with Crippen LogP contribution in [0, 0.1) is 0 Å². The summed E-state index contributed by atoms with van der Waals surface area (Å²) in [5.74, 6) is -2.99. The lowest BCUT2D eigenvalue weighted by atomic mass is 10.2. The van der Waals surface area contributed by atoms with Gasteiger partial charge in [0.15, 0.2) is 11.5 Å². The van der Waals surface area contributed by atoms with Gasteiger partial charge < -0.3 is 20.4 Å². The molecule has 0 aliphatic rings. The average molecular weight is 254 g/mol. The molecule has 0 spiro atoms. The van der Waals surface area contributed by atoms with Gasteiger partial charge in [-0.2, -0.15) is 0 Å². The molecule has 0 unspecified atom stereocenters. The number of carboxylic acid groups (broad SMARTS) is 2. The second kappa shape index (κ2) is 7.44. The topological polar surface area (TPSA) is 132 Å². The SMILES string of the molecule is O=C(O)/C=C/c1ccc(O)c(O)c1.O=CC(=O)O. The fourth-order valence-electron chi connectivity index (χ4n) is 0.812. The van der Waals surface area contributed by atoms with E-state index in [0.29, 0.717) is 5.56 Å². The second-order valence-electron chi connectivity index (χ2n) is 2.88. The Kier molecular flexibility index (Phi) is 6.27. The van der Waals surface area contributed by atoms with E-state index in [1.165, 1.54) is 24.3 Å². The van der Waals surface area contributed by atoms with E-state index in [-0.39, 0.29) is 17.8 Å². The number of aldehydes is 1. The van der Waals surface area contributed by atoms with Crippen molar-refractivity contribution in [1.82, 2.24) is 0 Å². The first-order chi connectivity index (χ1) is 8.36. The van der Waals surface area contributed by atoms with E-state index in [2.05, 4.69) is 0 Å². The van der Waals surface area contributed by atoms with Crippen LogP contribution in [0.2, 0.25) is 0 Å². The number of phenols is 2. The number of phenolic OH excluding ortho intramolecular Hbond substituents is 2. The molecule has 0 saturated carbocycles. The van der Waals surface area contributed by atoms with Crippen molar-refractivity contribution >= 4 is 24.3 Å². The summed E-state index contributed by atoms with van der Waals surface area (Å²) >= 11 is 0. The smallest absolute Gasteiger partial charge is 0.368 e. The number of carbonyl (C=O) groups excluding carboxylic acids is 1. The molecule has 1 rings (SSSR count). The van der Waals surface area contributed by atoms with E-state index >= 15 is 0 Å². The van der Waals surface area contributed by atoms with Gasteiger partial charge in [0.05, 0.1) is 0 Å². The van der Waals surface area contributed by atoms with Crippen LogP contribution in [0.5, 0.6) is 11.5 Å². The molecule has 0 atom stereocenters. The van der Waals surface area contributed by atoms with Crippen LogP contribution in [0.25, 0.3) is 6.08 Å². The van der Waals surface area contributed by atoms with Crippen molar-refractivity contribution < 1.29 is 34.8 Å². The highest BCUT2D eigenvalue weighted by Gasteiger charge is 1.97. The summed E-state index contributed by atoms with van der Waals surface area (Å²) < 4.78 is 0. The summed E-state index contributed by atoms with van der Waals surface area (Å²) in [6.07, 6.45) is 2.10. The quantitative estimate of drug-likeness (QED) is 0.266. The number of carbonyl (C=O) groups is 3. The molecule has 0 bridgehead atoms. The van der Waals surface area contributed by atoms with Crippen LogP contribution in [0.3, 0.4) is 0 Å². The van der Waals surface area contributed by atoms with Gasteiger partial charge >= 0.3 is 11.9 Å². The normalized spacial score (nSPS) is 9.33. The number of carboxylic acids is 2. The highest BCUT2D eigenvalue weighted by Crippen LogP contribution is 2.25. The number of benzene rings is 1. The Balaban J connectivity index is 0.000000494. The van der Waals surface area contributed by atoms with Crippen molar-refractivity contribution in [2.45, 2.75) is 0 Å². The van der Waals surface area contributed by atoms with Crippen molar-refractivity contribution in [1.29, 1.82) is 0 Å². The van der Waals surface area contributed by atoms with Gasteiger partial charge in [0.2, 0.25) is 6.29 Å². The van der Waals surface area contributed by atoms with Crippen molar-refractivity contribution in [2.75, 3.05) is 0 Å². The van der Waals surface area contributed by atoms with Crippen molar-refractivity contribution in [3.63, 3.8) is 0 Å². The van der Waals surface area contributed by atoms with Crippen LogP contribution in [0.4, 0.5) is 0 Å². The Labute approximate surface area is 101 Å². The van der Waals surface area contributed by atoms with Crippen molar-refractivity contribution in [3.05, 3.63) is 29.8 Å². The molecule has 0 fully saturated rings. The van der Waals surface area contributed by atoms with Crippen molar-refractivity contribution in [3.8, 4) is 11.5 Å². The molecule has 0 heterocycles. The summed E-state index contributed by atoms with van der Waals surface area (Å²) in [6.45, 7) is 0. The molecule has 1 aromatic rings. The van der Waals surface area contributed by atoms with Crippen LogP contribution >= 0.6 is 0 Å². The first kappa shape index (κ1) is 15.2. The molecule has 0 saturated heterocycles. The molecule has 1 aromatic carbocycles. The Bertz CT molecular complexity index is 476. The number of rotatable bonds is 3. The van der Waals surface area contributed by atoms with E-state index in [1.807, 2.05) is 0 Å². The number of aliphatic carboxylic acids is 2. The van der Waals surface area contributed by atoms with Gasteiger partial charge in [0, 0.05) is 6.08 Å². The third-order valence-corrected chi connectivity index (χ3v) is 1.52. The standard InChI is InChI=1S/C9H8O4.C2H2O3/c10-7-3-1-6(5-8(7)11)2-4-9(12)13;3-1-2(4)5/h1-5,10-11H,(H,12,13);1H,(H,4,5)/b4-2+;. The largest absolute Gasteiger partial charge is 0.504 e. The first-order valence-electron chi connectivity index (χ1n) is 4.48. The van der Waals surface area contributed by atoms with Gasteiger partial charge in [-0.05, 0) is 23.8 Å². The fraction of sp³-hybridized carbons (Fsp3) is 0. The highest BCUT2D eigenvalue weighted by molar-refractivity contribution is 6.19. The minimum atomic E-state index is -1.43. The molecular formula is C11H10O7. The molecule has 0 amide bonds. The van der Waals surface area contributed by atoms with Crippen LogP contribution in [-0.4, -0.2) is 38.7 Å². The molecule has 4 N–H and O–H groups in total. The zero-order valence-corrected chi connectivity index (χ0v) is 8.98. The fourth-order valence-corrected chi connectivity index (χ4v) is 0.812.